The lowest BCUT2D eigenvalue weighted by Crippen LogP contribution is -2.32. The number of pyridine rings is 1. The van der Waals surface area contributed by atoms with Crippen molar-refractivity contribution in [3.8, 4) is 0 Å². The Hall–Kier alpha value is -2.15. The summed E-state index contributed by atoms with van der Waals surface area (Å²) in [6.07, 6.45) is 4.45. The zero-order valence-corrected chi connectivity index (χ0v) is 16.9. The molecule has 2 heterocycles. The smallest absolute Gasteiger partial charge is 0.252 e. The third kappa shape index (κ3) is 6.20. The summed E-state index contributed by atoms with van der Waals surface area (Å²) in [7, 11) is 0. The maximum atomic E-state index is 12.2. The van der Waals surface area contributed by atoms with Gasteiger partial charge in [0.2, 0.25) is 0 Å². The Morgan fingerprint density at radius 2 is 1.85 bits per heavy atom. The molecule has 0 fully saturated rings. The van der Waals surface area contributed by atoms with Crippen LogP contribution in [0.5, 0.6) is 0 Å². The van der Waals surface area contributed by atoms with Crippen LogP contribution in [0, 0.1) is 0 Å². The monoisotopic (exact) mass is 409 g/mol. The molecular weight excluding hydrogens is 385 g/mol. The third-order valence-electron chi connectivity index (χ3n) is 3.93. The van der Waals surface area contributed by atoms with Crippen LogP contribution in [0.1, 0.15) is 29.3 Å². The number of hydrogen-bond donors (Lipinski definition) is 2. The summed E-state index contributed by atoms with van der Waals surface area (Å²) >= 11 is 0. The van der Waals surface area contributed by atoms with Gasteiger partial charge in [-0.15, -0.1) is 24.8 Å². The fraction of sp³-hybridized carbons (Fsp3) is 0.316. The van der Waals surface area contributed by atoms with E-state index in [9.17, 15) is 4.79 Å². The molecule has 6 nitrogen and oxygen atoms in total. The molecule has 2 aromatic heterocycles. The summed E-state index contributed by atoms with van der Waals surface area (Å²) < 4.78 is 1.85. The molecule has 0 atom stereocenters. The first-order valence-electron chi connectivity index (χ1n) is 8.62. The van der Waals surface area contributed by atoms with Crippen LogP contribution in [0.15, 0.2) is 48.8 Å². The van der Waals surface area contributed by atoms with Crippen molar-refractivity contribution < 1.29 is 4.79 Å². The van der Waals surface area contributed by atoms with Crippen LogP contribution in [-0.2, 0) is 6.54 Å². The van der Waals surface area contributed by atoms with Gasteiger partial charge in [0.25, 0.3) is 5.91 Å². The van der Waals surface area contributed by atoms with Crippen LogP contribution in [0.25, 0.3) is 11.0 Å². The normalized spacial score (nSPS) is 10.1. The molecule has 1 amide bonds. The summed E-state index contributed by atoms with van der Waals surface area (Å²) in [6, 6.07) is 12.0. The van der Waals surface area contributed by atoms with Gasteiger partial charge in [0.15, 0.2) is 5.65 Å². The van der Waals surface area contributed by atoms with E-state index < -0.39 is 0 Å². The van der Waals surface area contributed by atoms with E-state index in [0.29, 0.717) is 18.7 Å². The molecule has 0 aliphatic heterocycles. The number of fused-ring (bicyclic) bond motifs is 1. The molecule has 0 saturated carbocycles. The molecule has 146 valence electrons. The minimum Gasteiger partial charge on any atom is -0.351 e. The average molecular weight is 410 g/mol. The van der Waals surface area contributed by atoms with E-state index in [1.165, 1.54) is 0 Å². The van der Waals surface area contributed by atoms with Gasteiger partial charge in [0.1, 0.15) is 0 Å². The molecule has 0 spiro atoms. The highest BCUT2D eigenvalue weighted by molar-refractivity contribution is 5.96. The Labute approximate surface area is 171 Å². The quantitative estimate of drug-likeness (QED) is 0.560. The van der Waals surface area contributed by atoms with Crippen LogP contribution in [0.3, 0.4) is 0 Å². The Balaban J connectivity index is 0.00000182. The number of nitrogens with zero attached hydrogens (tertiary/aromatic N) is 3. The molecule has 8 heteroatoms. The fourth-order valence-electron chi connectivity index (χ4n) is 2.64. The highest BCUT2D eigenvalue weighted by Gasteiger charge is 2.10. The van der Waals surface area contributed by atoms with E-state index in [-0.39, 0.29) is 30.7 Å². The van der Waals surface area contributed by atoms with Crippen molar-refractivity contribution in [2.24, 2.45) is 0 Å². The van der Waals surface area contributed by atoms with Gasteiger partial charge in [-0.1, -0.05) is 37.3 Å². The van der Waals surface area contributed by atoms with E-state index >= 15 is 0 Å². The molecule has 3 rings (SSSR count). The van der Waals surface area contributed by atoms with E-state index in [1.54, 1.807) is 12.4 Å². The summed E-state index contributed by atoms with van der Waals surface area (Å²) in [6.45, 7) is 5.11. The molecular formula is C19H25Cl2N5O. The molecule has 2 N–H and O–H groups in total. The number of carbonyl (C=O) groups is 1. The van der Waals surface area contributed by atoms with Gasteiger partial charge in [0, 0.05) is 24.7 Å². The minimum absolute atomic E-state index is 0. The van der Waals surface area contributed by atoms with Crippen LogP contribution in [0.2, 0.25) is 0 Å². The van der Waals surface area contributed by atoms with Gasteiger partial charge < -0.3 is 10.6 Å². The third-order valence-corrected chi connectivity index (χ3v) is 3.93. The molecule has 0 unspecified atom stereocenters. The van der Waals surface area contributed by atoms with Crippen molar-refractivity contribution in [1.82, 2.24) is 25.4 Å². The predicted molar refractivity (Wildman–Crippen MR) is 113 cm³/mol. The Morgan fingerprint density at radius 3 is 2.59 bits per heavy atom. The van der Waals surface area contributed by atoms with Crippen molar-refractivity contribution in [1.29, 1.82) is 0 Å². The lowest BCUT2D eigenvalue weighted by Gasteiger charge is -2.06. The van der Waals surface area contributed by atoms with Gasteiger partial charge in [-0.3, -0.25) is 4.79 Å². The highest BCUT2D eigenvalue weighted by Crippen LogP contribution is 2.14. The van der Waals surface area contributed by atoms with Crippen molar-refractivity contribution in [2.75, 3.05) is 19.6 Å². The molecule has 1 aromatic carbocycles. The molecule has 0 aliphatic carbocycles. The van der Waals surface area contributed by atoms with E-state index in [2.05, 4.69) is 39.8 Å². The molecule has 3 aromatic rings. The molecule has 0 bridgehead atoms. The predicted octanol–water partition coefficient (Wildman–Crippen LogP) is 3.05. The summed E-state index contributed by atoms with van der Waals surface area (Å²) in [5.41, 5.74) is 2.50. The zero-order valence-electron chi connectivity index (χ0n) is 15.2. The number of benzene rings is 1. The molecule has 27 heavy (non-hydrogen) atoms. The molecule has 0 saturated heterocycles. The number of rotatable bonds is 8. The number of amides is 1. The van der Waals surface area contributed by atoms with Gasteiger partial charge in [-0.05, 0) is 24.6 Å². The van der Waals surface area contributed by atoms with E-state index in [4.69, 9.17) is 0 Å². The number of carbonyl (C=O) groups excluding carboxylic acids is 1. The standard InChI is InChI=1S/C19H23N5O.2ClH/c1-2-8-20-9-10-21-19(25)17-11-16-13-23-24(18(16)22-12-17)14-15-6-4-3-5-7-15;;/h3-7,11-13,20H,2,8-10,14H2,1H3,(H,21,25);2*1H. The Morgan fingerprint density at radius 1 is 1.07 bits per heavy atom. The van der Waals surface area contributed by atoms with Crippen molar-refractivity contribution >= 4 is 41.8 Å². The van der Waals surface area contributed by atoms with Crippen molar-refractivity contribution in [2.45, 2.75) is 19.9 Å². The minimum atomic E-state index is -0.108. The molecule has 0 radical (unpaired) electrons. The topological polar surface area (TPSA) is 71.8 Å². The van der Waals surface area contributed by atoms with Crippen LogP contribution >= 0.6 is 24.8 Å². The summed E-state index contributed by atoms with van der Waals surface area (Å²) in [4.78, 5) is 16.7. The van der Waals surface area contributed by atoms with Crippen molar-refractivity contribution in [3.63, 3.8) is 0 Å². The van der Waals surface area contributed by atoms with Gasteiger partial charge in [-0.25, -0.2) is 9.67 Å². The lowest BCUT2D eigenvalue weighted by atomic mass is 10.2. The van der Waals surface area contributed by atoms with Gasteiger partial charge in [0.05, 0.1) is 18.3 Å². The number of nitrogens with one attached hydrogen (secondary N) is 2. The highest BCUT2D eigenvalue weighted by atomic mass is 35.5. The largest absolute Gasteiger partial charge is 0.351 e. The Bertz CT molecular complexity index is 838. The maximum absolute atomic E-state index is 12.2. The Kier molecular flexibility index (Phi) is 9.78. The number of hydrogen-bond acceptors (Lipinski definition) is 4. The average Bonchev–Trinajstić information content (AvgIpc) is 3.04. The van der Waals surface area contributed by atoms with Gasteiger partial charge >= 0.3 is 0 Å². The van der Waals surface area contributed by atoms with Crippen molar-refractivity contribution in [3.05, 3.63) is 59.9 Å². The fourth-order valence-corrected chi connectivity index (χ4v) is 2.64. The SMILES string of the molecule is CCCNCCNC(=O)c1cnc2c(cnn2Cc2ccccc2)c1.Cl.Cl. The lowest BCUT2D eigenvalue weighted by molar-refractivity contribution is 0.0953. The van der Waals surface area contributed by atoms with Crippen LogP contribution < -0.4 is 10.6 Å². The van der Waals surface area contributed by atoms with Gasteiger partial charge in [-0.2, -0.15) is 5.10 Å². The number of aromatic nitrogens is 3. The second kappa shape index (κ2) is 11.5. The second-order valence-corrected chi connectivity index (χ2v) is 5.93. The zero-order chi connectivity index (χ0) is 17.5. The second-order valence-electron chi connectivity index (χ2n) is 5.93. The first kappa shape index (κ1) is 22.9. The first-order valence-corrected chi connectivity index (χ1v) is 8.62. The number of halogens is 2. The van der Waals surface area contributed by atoms with E-state index in [1.807, 2.05) is 28.9 Å². The first-order chi connectivity index (χ1) is 12.3. The van der Waals surface area contributed by atoms with Crippen LogP contribution in [-0.4, -0.2) is 40.3 Å². The molecule has 0 aliphatic rings. The maximum Gasteiger partial charge on any atom is 0.252 e. The van der Waals surface area contributed by atoms with Crippen LogP contribution in [0.4, 0.5) is 0 Å². The summed E-state index contributed by atoms with van der Waals surface area (Å²) in [5, 5.41) is 11.4. The summed E-state index contributed by atoms with van der Waals surface area (Å²) in [5.74, 6) is -0.108. The van der Waals surface area contributed by atoms with E-state index in [0.717, 1.165) is 36.1 Å².